The van der Waals surface area contributed by atoms with E-state index >= 15 is 0 Å². The van der Waals surface area contributed by atoms with Crippen LogP contribution in [0, 0.1) is 0 Å². The van der Waals surface area contributed by atoms with Crippen LogP contribution in [0.1, 0.15) is 335 Å². The molecule has 0 radical (unpaired) electrons. The molecule has 0 spiro atoms. The van der Waals surface area contributed by atoms with Crippen LogP contribution in [0.25, 0.3) is 0 Å². The molecule has 2 aliphatic heterocycles. The highest BCUT2D eigenvalue weighted by Gasteiger charge is 2.51. The second-order valence-electron chi connectivity index (χ2n) is 27.8. The van der Waals surface area contributed by atoms with Gasteiger partial charge in [0.15, 0.2) is 12.6 Å². The summed E-state index contributed by atoms with van der Waals surface area (Å²) >= 11 is 0. The zero-order valence-corrected chi connectivity index (χ0v) is 61.1. The largest absolute Gasteiger partial charge is 0.394 e. The van der Waals surface area contributed by atoms with Gasteiger partial charge in [-0.1, -0.05) is 330 Å². The van der Waals surface area contributed by atoms with Crippen molar-refractivity contribution in [2.24, 2.45) is 0 Å². The molecule has 558 valence electrons. The van der Waals surface area contributed by atoms with Gasteiger partial charge in [0.2, 0.25) is 5.91 Å². The first kappa shape index (κ1) is 89.3. The van der Waals surface area contributed by atoms with Crippen LogP contribution in [-0.2, 0) is 23.7 Å². The molecule has 2 heterocycles. The molecule has 2 fully saturated rings. The number of unbranched alkanes of at least 4 members (excludes halogenated alkanes) is 41. The highest BCUT2D eigenvalue weighted by atomic mass is 16.7. The number of ether oxygens (including phenoxy) is 4. The first-order valence-electron chi connectivity index (χ1n) is 39.8. The fourth-order valence-corrected chi connectivity index (χ4v) is 12.8. The van der Waals surface area contributed by atoms with Gasteiger partial charge in [0.1, 0.15) is 48.8 Å². The third kappa shape index (κ3) is 48.1. The van der Waals surface area contributed by atoms with Gasteiger partial charge in [0.25, 0.3) is 0 Å². The molecule has 2 aliphatic rings. The number of hydrogen-bond donors (Lipinski definition) is 9. The summed E-state index contributed by atoms with van der Waals surface area (Å²) in [4.78, 5) is 13.4. The minimum atomic E-state index is -1.80. The van der Waals surface area contributed by atoms with E-state index in [-0.39, 0.29) is 18.9 Å². The Hall–Kier alpha value is -2.83. The Bertz CT molecular complexity index is 1940. The number of hydrogen-bond acceptors (Lipinski definition) is 13. The number of carbonyl (C=O) groups excluding carboxylic acids is 1. The maximum atomic E-state index is 13.4. The lowest BCUT2D eigenvalue weighted by molar-refractivity contribution is -0.359. The molecule has 1 amide bonds. The number of nitrogens with one attached hydrogen (secondary N) is 1. The molecule has 0 saturated carbocycles. The van der Waals surface area contributed by atoms with Gasteiger partial charge >= 0.3 is 0 Å². The summed E-state index contributed by atoms with van der Waals surface area (Å²) in [5.41, 5.74) is 0. The Labute approximate surface area is 586 Å². The highest BCUT2D eigenvalue weighted by Crippen LogP contribution is 2.30. The molecule has 0 aliphatic carbocycles. The fourth-order valence-electron chi connectivity index (χ4n) is 12.8. The van der Waals surface area contributed by atoms with E-state index in [4.69, 9.17) is 18.9 Å². The number of aliphatic hydroxyl groups is 8. The second-order valence-corrected chi connectivity index (χ2v) is 27.8. The molecule has 12 unspecified atom stereocenters. The van der Waals surface area contributed by atoms with E-state index < -0.39 is 86.8 Å². The van der Waals surface area contributed by atoms with E-state index in [9.17, 15) is 45.6 Å². The van der Waals surface area contributed by atoms with E-state index in [1.807, 2.05) is 6.08 Å². The minimum Gasteiger partial charge on any atom is -0.394 e. The number of allylic oxidation sites excluding steroid dienone is 13. The van der Waals surface area contributed by atoms with Gasteiger partial charge in [-0.05, 0) is 83.5 Å². The molecular weight excluding hydrogens is 1210 g/mol. The average Bonchev–Trinajstić information content (AvgIpc) is 0.857. The van der Waals surface area contributed by atoms with Crippen LogP contribution in [0.4, 0.5) is 0 Å². The van der Waals surface area contributed by atoms with Crippen LogP contribution < -0.4 is 5.32 Å². The predicted molar refractivity (Wildman–Crippen MR) is 396 cm³/mol. The lowest BCUT2D eigenvalue weighted by Crippen LogP contribution is -2.65. The molecule has 0 aromatic carbocycles. The van der Waals surface area contributed by atoms with Crippen molar-refractivity contribution in [1.29, 1.82) is 0 Å². The first-order valence-corrected chi connectivity index (χ1v) is 39.8. The quantitative estimate of drug-likeness (QED) is 0.0204. The van der Waals surface area contributed by atoms with Crippen molar-refractivity contribution in [3.63, 3.8) is 0 Å². The van der Waals surface area contributed by atoms with Gasteiger partial charge in [0, 0.05) is 6.42 Å². The molecular formula is C82H147NO13. The Morgan fingerprint density at radius 2 is 0.729 bits per heavy atom. The summed E-state index contributed by atoms with van der Waals surface area (Å²) in [6.45, 7) is 2.71. The van der Waals surface area contributed by atoms with Gasteiger partial charge in [-0.25, -0.2) is 0 Å². The lowest BCUT2D eigenvalue weighted by atomic mass is 9.97. The number of rotatable bonds is 66. The highest BCUT2D eigenvalue weighted by molar-refractivity contribution is 5.76. The van der Waals surface area contributed by atoms with Crippen molar-refractivity contribution < 1.29 is 64.6 Å². The van der Waals surface area contributed by atoms with Crippen molar-refractivity contribution in [2.45, 2.75) is 408 Å². The topological polar surface area (TPSA) is 228 Å². The Morgan fingerprint density at radius 1 is 0.385 bits per heavy atom. The van der Waals surface area contributed by atoms with Crippen molar-refractivity contribution in [3.05, 3.63) is 85.1 Å². The minimum absolute atomic E-state index is 0.249. The Balaban J connectivity index is 1.61. The van der Waals surface area contributed by atoms with Crippen molar-refractivity contribution >= 4 is 5.91 Å². The van der Waals surface area contributed by atoms with E-state index in [1.165, 1.54) is 231 Å². The molecule has 0 aromatic heterocycles. The molecule has 96 heavy (non-hydrogen) atoms. The number of carbonyl (C=O) groups is 1. The SMILES string of the molecule is CC/C=C\C/C=C\C/C=C\C/C=C\CCCCCCCCCCCCCCCCCCCCCCCCCCC(=O)NC(COC1OC(CO)C(OC2OC(CO)C(O)C(O)C2O)C(O)C1O)C(O)/C=C/CC/C=C/CC/C=C/CCCCCCCCCCCCCCCCC. The van der Waals surface area contributed by atoms with E-state index in [0.29, 0.717) is 12.8 Å². The summed E-state index contributed by atoms with van der Waals surface area (Å²) in [6, 6.07) is -0.941. The monoisotopic (exact) mass is 1350 g/mol. The van der Waals surface area contributed by atoms with Crippen molar-refractivity contribution in [1.82, 2.24) is 5.32 Å². The Morgan fingerprint density at radius 3 is 1.15 bits per heavy atom. The number of amides is 1. The van der Waals surface area contributed by atoms with Crippen LogP contribution in [0.3, 0.4) is 0 Å². The molecule has 2 rings (SSSR count). The number of aliphatic hydroxyl groups excluding tert-OH is 8. The molecule has 0 aromatic rings. The van der Waals surface area contributed by atoms with E-state index in [2.05, 4.69) is 92.1 Å². The smallest absolute Gasteiger partial charge is 0.220 e. The Kier molecular flexibility index (Phi) is 60.9. The maximum Gasteiger partial charge on any atom is 0.220 e. The van der Waals surface area contributed by atoms with Gasteiger partial charge < -0.3 is 65.1 Å². The summed E-state index contributed by atoms with van der Waals surface area (Å²) in [7, 11) is 0. The van der Waals surface area contributed by atoms with Crippen molar-refractivity contribution in [2.75, 3.05) is 19.8 Å². The fraction of sp³-hybridized carbons (Fsp3) is 0.817. The van der Waals surface area contributed by atoms with Gasteiger partial charge in [-0.3, -0.25) is 4.79 Å². The molecule has 12 atom stereocenters. The van der Waals surface area contributed by atoms with Crippen LogP contribution in [0.5, 0.6) is 0 Å². The summed E-state index contributed by atoms with van der Waals surface area (Å²) in [5.74, 6) is -0.249. The van der Waals surface area contributed by atoms with Crippen LogP contribution in [0.15, 0.2) is 85.1 Å². The standard InChI is InChI=1S/C82H147NO13/c1-3-5-7-9-11-13-15-17-19-21-23-25-27-29-30-31-32-33-34-35-36-37-38-39-40-42-44-46-48-50-52-54-56-58-60-62-64-66-74(87)83-70(69-93-81-79(92)77(90)80(73(68-85)95-81)96-82-78(91)76(89)75(88)72(67-84)94-82)71(86)65-63-61-59-57-55-53-51-49-47-45-43-41-28-26-24-22-20-18-16-14-12-10-8-6-4-2/h5,7,11,13,17,19,23,25,47,49,55,57,63,65,70-73,75-82,84-86,88-92H,3-4,6,8-10,12,14-16,18,20-22,24,26-46,48,50-54,56,58-62,64,66-69H2,1-2H3,(H,83,87)/b7-5-,13-11-,19-17-,25-23-,49-47+,57-55+,65-63+. The van der Waals surface area contributed by atoms with E-state index in [0.717, 1.165) is 70.6 Å². The summed E-state index contributed by atoms with van der Waals surface area (Å²) in [5, 5.41) is 87.6. The zero-order chi connectivity index (χ0) is 69.4. The van der Waals surface area contributed by atoms with Crippen LogP contribution in [-0.4, -0.2) is 140 Å². The van der Waals surface area contributed by atoms with E-state index in [1.54, 1.807) is 6.08 Å². The third-order valence-corrected chi connectivity index (χ3v) is 19.0. The normalized spacial score (nSPS) is 22.7. The van der Waals surface area contributed by atoms with Gasteiger partial charge in [-0.15, -0.1) is 0 Å². The lowest BCUT2D eigenvalue weighted by Gasteiger charge is -2.46. The first-order chi connectivity index (χ1) is 47.1. The van der Waals surface area contributed by atoms with Gasteiger partial charge in [0.05, 0.1) is 32.0 Å². The predicted octanol–water partition coefficient (Wildman–Crippen LogP) is 17.9. The summed E-state index contributed by atoms with van der Waals surface area (Å²) in [6.07, 6.45) is 75.3. The summed E-state index contributed by atoms with van der Waals surface area (Å²) < 4.78 is 22.9. The molecule has 14 heteroatoms. The molecule has 2 saturated heterocycles. The van der Waals surface area contributed by atoms with Crippen molar-refractivity contribution in [3.8, 4) is 0 Å². The second kappa shape index (κ2) is 65.5. The molecule has 9 N–H and O–H groups in total. The maximum absolute atomic E-state index is 13.4. The zero-order valence-electron chi connectivity index (χ0n) is 61.1. The van der Waals surface area contributed by atoms with Crippen LogP contribution >= 0.6 is 0 Å². The van der Waals surface area contributed by atoms with Crippen LogP contribution in [0.2, 0.25) is 0 Å². The molecule has 0 bridgehead atoms. The molecule has 14 nitrogen and oxygen atoms in total. The average molecular weight is 1360 g/mol. The third-order valence-electron chi connectivity index (χ3n) is 19.0. The van der Waals surface area contributed by atoms with Gasteiger partial charge in [-0.2, -0.15) is 0 Å².